The van der Waals surface area contributed by atoms with E-state index in [0.717, 1.165) is 10.9 Å². The zero-order chi connectivity index (χ0) is 11.4. The second-order valence-corrected chi connectivity index (χ2v) is 5.59. The van der Waals surface area contributed by atoms with Crippen molar-refractivity contribution in [2.24, 2.45) is 0 Å². The van der Waals surface area contributed by atoms with Crippen LogP contribution in [0.25, 0.3) is 0 Å². The molecule has 1 N–H and O–H groups in total. The zero-order valence-electron chi connectivity index (χ0n) is 9.24. The largest absolute Gasteiger partial charge is 0.376 e. The van der Waals surface area contributed by atoms with Crippen LogP contribution in [-0.4, -0.2) is 32.5 Å². The Morgan fingerprint density at radius 2 is 2.44 bits per heavy atom. The first-order chi connectivity index (χ1) is 7.75. The van der Waals surface area contributed by atoms with E-state index in [9.17, 15) is 0 Å². The standard InChI is InChI=1S/C11H16ClNO2S/c1-8(10-2-3-11(12)16-10)13-6-9-7-14-4-5-15-9/h2-3,8-9,13H,4-7H2,1H3. The molecule has 1 aromatic rings. The van der Waals surface area contributed by atoms with Crippen LogP contribution in [0.4, 0.5) is 0 Å². The fourth-order valence-corrected chi connectivity index (χ4v) is 2.71. The highest BCUT2D eigenvalue weighted by molar-refractivity contribution is 7.16. The second-order valence-electron chi connectivity index (χ2n) is 3.84. The SMILES string of the molecule is CC(NCC1COCCO1)c1ccc(Cl)s1. The number of thiophene rings is 1. The van der Waals surface area contributed by atoms with E-state index in [-0.39, 0.29) is 6.10 Å². The molecule has 5 heteroatoms. The van der Waals surface area contributed by atoms with E-state index in [1.807, 2.05) is 6.07 Å². The van der Waals surface area contributed by atoms with E-state index in [0.29, 0.717) is 25.9 Å². The van der Waals surface area contributed by atoms with Gasteiger partial charge in [-0.05, 0) is 19.1 Å². The Labute approximate surface area is 105 Å². The van der Waals surface area contributed by atoms with Gasteiger partial charge in [-0.25, -0.2) is 0 Å². The van der Waals surface area contributed by atoms with Crippen LogP contribution in [0.3, 0.4) is 0 Å². The van der Waals surface area contributed by atoms with Gasteiger partial charge in [-0.1, -0.05) is 11.6 Å². The summed E-state index contributed by atoms with van der Waals surface area (Å²) >= 11 is 7.51. The lowest BCUT2D eigenvalue weighted by Crippen LogP contribution is -2.38. The summed E-state index contributed by atoms with van der Waals surface area (Å²) in [4.78, 5) is 1.25. The fraction of sp³-hybridized carbons (Fsp3) is 0.636. The van der Waals surface area contributed by atoms with Gasteiger partial charge in [-0.2, -0.15) is 0 Å². The van der Waals surface area contributed by atoms with Crippen molar-refractivity contribution >= 4 is 22.9 Å². The topological polar surface area (TPSA) is 30.5 Å². The van der Waals surface area contributed by atoms with Gasteiger partial charge in [0, 0.05) is 17.5 Å². The number of hydrogen-bond acceptors (Lipinski definition) is 4. The van der Waals surface area contributed by atoms with E-state index in [1.54, 1.807) is 11.3 Å². The molecule has 90 valence electrons. The zero-order valence-corrected chi connectivity index (χ0v) is 10.8. The van der Waals surface area contributed by atoms with E-state index in [2.05, 4.69) is 18.3 Å². The molecule has 2 heterocycles. The molecule has 0 saturated carbocycles. The van der Waals surface area contributed by atoms with Crippen molar-refractivity contribution in [3.8, 4) is 0 Å². The van der Waals surface area contributed by atoms with Gasteiger partial charge in [-0.15, -0.1) is 11.3 Å². The van der Waals surface area contributed by atoms with Crippen LogP contribution in [0, 0.1) is 0 Å². The number of nitrogens with one attached hydrogen (secondary N) is 1. The lowest BCUT2D eigenvalue weighted by Gasteiger charge is -2.24. The summed E-state index contributed by atoms with van der Waals surface area (Å²) in [5, 5.41) is 3.43. The van der Waals surface area contributed by atoms with Gasteiger partial charge in [0.15, 0.2) is 0 Å². The third kappa shape index (κ3) is 3.43. The average Bonchev–Trinajstić information content (AvgIpc) is 2.74. The van der Waals surface area contributed by atoms with Gasteiger partial charge in [0.05, 0.1) is 30.3 Å². The Bertz CT molecular complexity index is 326. The Morgan fingerprint density at radius 1 is 1.56 bits per heavy atom. The van der Waals surface area contributed by atoms with Crippen LogP contribution in [-0.2, 0) is 9.47 Å². The molecule has 0 amide bonds. The number of hydrogen-bond donors (Lipinski definition) is 1. The predicted octanol–water partition coefficient (Wildman–Crippen LogP) is 2.47. The molecule has 2 atom stereocenters. The summed E-state index contributed by atoms with van der Waals surface area (Å²) in [6.07, 6.45) is 0.173. The minimum Gasteiger partial charge on any atom is -0.376 e. The van der Waals surface area contributed by atoms with Crippen LogP contribution in [0.1, 0.15) is 17.8 Å². The maximum absolute atomic E-state index is 5.90. The molecule has 0 radical (unpaired) electrons. The summed E-state index contributed by atoms with van der Waals surface area (Å²) in [5.74, 6) is 0. The van der Waals surface area contributed by atoms with E-state index in [1.165, 1.54) is 4.88 Å². The minimum atomic E-state index is 0.173. The minimum absolute atomic E-state index is 0.173. The Balaban J connectivity index is 1.76. The van der Waals surface area contributed by atoms with Gasteiger partial charge in [0.2, 0.25) is 0 Å². The van der Waals surface area contributed by atoms with Crippen LogP contribution < -0.4 is 5.32 Å². The van der Waals surface area contributed by atoms with Crippen molar-refractivity contribution in [1.82, 2.24) is 5.32 Å². The Hall–Kier alpha value is -0.130. The highest BCUT2D eigenvalue weighted by Gasteiger charge is 2.16. The molecule has 2 rings (SSSR count). The highest BCUT2D eigenvalue weighted by atomic mass is 35.5. The summed E-state index contributed by atoms with van der Waals surface area (Å²) in [7, 11) is 0. The Morgan fingerprint density at radius 3 is 3.06 bits per heavy atom. The number of halogens is 1. The van der Waals surface area contributed by atoms with Crippen LogP contribution in [0.2, 0.25) is 4.34 Å². The van der Waals surface area contributed by atoms with Gasteiger partial charge in [-0.3, -0.25) is 0 Å². The molecule has 1 aliphatic heterocycles. The van der Waals surface area contributed by atoms with Crippen LogP contribution in [0.15, 0.2) is 12.1 Å². The lowest BCUT2D eigenvalue weighted by atomic mass is 10.2. The van der Waals surface area contributed by atoms with Crippen molar-refractivity contribution in [3.63, 3.8) is 0 Å². The van der Waals surface area contributed by atoms with Gasteiger partial charge in [0.25, 0.3) is 0 Å². The Kier molecular flexibility index (Phi) is 4.61. The lowest BCUT2D eigenvalue weighted by molar-refractivity contribution is -0.0869. The molecular formula is C11H16ClNO2S. The molecule has 1 saturated heterocycles. The van der Waals surface area contributed by atoms with E-state index in [4.69, 9.17) is 21.1 Å². The van der Waals surface area contributed by atoms with Gasteiger partial charge >= 0.3 is 0 Å². The monoisotopic (exact) mass is 261 g/mol. The van der Waals surface area contributed by atoms with Crippen molar-refractivity contribution in [1.29, 1.82) is 0 Å². The van der Waals surface area contributed by atoms with Crippen molar-refractivity contribution < 1.29 is 9.47 Å². The molecule has 1 fully saturated rings. The van der Waals surface area contributed by atoms with Crippen LogP contribution >= 0.6 is 22.9 Å². The molecule has 16 heavy (non-hydrogen) atoms. The molecule has 1 aromatic heterocycles. The fourth-order valence-electron chi connectivity index (χ4n) is 1.62. The third-order valence-corrected chi connectivity index (χ3v) is 3.97. The molecule has 0 aromatic carbocycles. The third-order valence-electron chi connectivity index (χ3n) is 2.56. The van der Waals surface area contributed by atoms with Crippen molar-refractivity contribution in [2.45, 2.75) is 19.1 Å². The molecule has 2 unspecified atom stereocenters. The first kappa shape index (κ1) is 12.3. The second kappa shape index (κ2) is 5.98. The average molecular weight is 262 g/mol. The number of rotatable bonds is 4. The van der Waals surface area contributed by atoms with Crippen molar-refractivity contribution in [3.05, 3.63) is 21.3 Å². The summed E-state index contributed by atoms with van der Waals surface area (Å²) in [5.41, 5.74) is 0. The van der Waals surface area contributed by atoms with Crippen molar-refractivity contribution in [2.75, 3.05) is 26.4 Å². The molecule has 0 bridgehead atoms. The van der Waals surface area contributed by atoms with E-state index >= 15 is 0 Å². The highest BCUT2D eigenvalue weighted by Crippen LogP contribution is 2.26. The molecule has 1 aliphatic rings. The molecule has 0 aliphatic carbocycles. The first-order valence-electron chi connectivity index (χ1n) is 5.43. The van der Waals surface area contributed by atoms with Crippen LogP contribution in [0.5, 0.6) is 0 Å². The molecule has 3 nitrogen and oxygen atoms in total. The number of ether oxygens (including phenoxy) is 2. The molecular weight excluding hydrogens is 246 g/mol. The summed E-state index contributed by atoms with van der Waals surface area (Å²) < 4.78 is 11.7. The van der Waals surface area contributed by atoms with E-state index < -0.39 is 0 Å². The van der Waals surface area contributed by atoms with Gasteiger partial charge < -0.3 is 14.8 Å². The summed E-state index contributed by atoms with van der Waals surface area (Å²) in [6.45, 7) is 5.05. The maximum Gasteiger partial charge on any atom is 0.0933 e. The maximum atomic E-state index is 5.90. The predicted molar refractivity (Wildman–Crippen MR) is 66.3 cm³/mol. The van der Waals surface area contributed by atoms with Gasteiger partial charge in [0.1, 0.15) is 0 Å². The quantitative estimate of drug-likeness (QED) is 0.903. The molecule has 0 spiro atoms. The summed E-state index contributed by atoms with van der Waals surface area (Å²) in [6, 6.07) is 4.30. The smallest absolute Gasteiger partial charge is 0.0933 e. The normalized spacial score (nSPS) is 23.2. The first-order valence-corrected chi connectivity index (χ1v) is 6.63.